The quantitative estimate of drug-likeness (QED) is 0.858. The smallest absolute Gasteiger partial charge is 0.338 e. The first kappa shape index (κ1) is 18.4. The number of hydrazine groups is 1. The Morgan fingerprint density at radius 2 is 1.79 bits per heavy atom. The molecule has 6 nitrogen and oxygen atoms in total. The van der Waals surface area contributed by atoms with Crippen molar-refractivity contribution in [1.29, 1.82) is 0 Å². The Hall–Kier alpha value is -2.93. The largest absolute Gasteiger partial charge is 0.342 e. The maximum Gasteiger partial charge on any atom is 0.338 e. The van der Waals surface area contributed by atoms with Crippen molar-refractivity contribution in [3.05, 3.63) is 65.5 Å². The van der Waals surface area contributed by atoms with Gasteiger partial charge in [-0.1, -0.05) is 24.3 Å². The van der Waals surface area contributed by atoms with E-state index in [2.05, 4.69) is 10.7 Å². The summed E-state index contributed by atoms with van der Waals surface area (Å²) in [6.45, 7) is 3.14. The van der Waals surface area contributed by atoms with Crippen LogP contribution in [-0.2, 0) is 11.2 Å². The van der Waals surface area contributed by atoms with E-state index in [1.54, 1.807) is 12.1 Å². The lowest BCUT2D eigenvalue weighted by atomic mass is 9.97. The van der Waals surface area contributed by atoms with Gasteiger partial charge in [-0.3, -0.25) is 4.79 Å². The number of urea groups is 1. The number of likely N-dealkylation sites (tertiary alicyclic amines) is 1. The summed E-state index contributed by atoms with van der Waals surface area (Å²) in [5, 5.41) is 4.40. The lowest BCUT2D eigenvalue weighted by Crippen LogP contribution is -2.58. The van der Waals surface area contributed by atoms with E-state index in [-0.39, 0.29) is 17.8 Å². The summed E-state index contributed by atoms with van der Waals surface area (Å²) < 4.78 is 13.1. The van der Waals surface area contributed by atoms with Gasteiger partial charge in [0, 0.05) is 25.9 Å². The molecule has 4 rings (SSSR count). The molecule has 1 spiro atoms. The molecule has 0 atom stereocenters. The number of hydrogen-bond donors (Lipinski definition) is 2. The number of benzene rings is 2. The van der Waals surface area contributed by atoms with Crippen LogP contribution in [0.5, 0.6) is 0 Å². The summed E-state index contributed by atoms with van der Waals surface area (Å²) in [4.78, 5) is 26.9. The molecule has 2 saturated heterocycles. The predicted octanol–water partition coefficient (Wildman–Crippen LogP) is 2.73. The number of aryl methyl sites for hydroxylation is 1. The van der Waals surface area contributed by atoms with Crippen LogP contribution in [0.3, 0.4) is 0 Å². The Balaban J connectivity index is 1.38. The average Bonchev–Trinajstić information content (AvgIpc) is 3.00. The molecular formula is C21H23FN4O2. The minimum atomic E-state index is -0.578. The molecule has 2 fully saturated rings. The minimum Gasteiger partial charge on any atom is -0.342 e. The van der Waals surface area contributed by atoms with E-state index in [0.29, 0.717) is 38.0 Å². The van der Waals surface area contributed by atoms with Gasteiger partial charge in [-0.25, -0.2) is 19.6 Å². The van der Waals surface area contributed by atoms with Gasteiger partial charge in [0.2, 0.25) is 5.91 Å². The van der Waals surface area contributed by atoms with Crippen molar-refractivity contribution in [3.63, 3.8) is 0 Å². The summed E-state index contributed by atoms with van der Waals surface area (Å²) in [5.41, 5.74) is 5.38. The van der Waals surface area contributed by atoms with E-state index in [4.69, 9.17) is 0 Å². The van der Waals surface area contributed by atoms with Crippen molar-refractivity contribution in [1.82, 2.24) is 15.6 Å². The fraction of sp³-hybridized carbons (Fsp3) is 0.333. The topological polar surface area (TPSA) is 64.7 Å². The molecule has 146 valence electrons. The fourth-order valence-corrected chi connectivity index (χ4v) is 3.78. The first-order valence-electron chi connectivity index (χ1n) is 9.44. The van der Waals surface area contributed by atoms with Crippen LogP contribution >= 0.6 is 0 Å². The van der Waals surface area contributed by atoms with Crippen LogP contribution in [-0.4, -0.2) is 35.6 Å². The van der Waals surface area contributed by atoms with Crippen LogP contribution in [0.4, 0.5) is 14.9 Å². The molecule has 2 aliphatic rings. The summed E-state index contributed by atoms with van der Waals surface area (Å²) in [6.07, 6.45) is 1.60. The molecule has 0 aromatic heterocycles. The second-order valence-electron chi connectivity index (χ2n) is 7.42. The van der Waals surface area contributed by atoms with Crippen molar-refractivity contribution in [2.45, 2.75) is 31.8 Å². The Bertz CT molecular complexity index is 892. The summed E-state index contributed by atoms with van der Waals surface area (Å²) in [5.74, 6) is -0.248. The highest BCUT2D eigenvalue weighted by Crippen LogP contribution is 2.27. The Kier molecular flexibility index (Phi) is 4.77. The van der Waals surface area contributed by atoms with Gasteiger partial charge in [0.05, 0.1) is 12.1 Å². The summed E-state index contributed by atoms with van der Waals surface area (Å²) in [6, 6.07) is 13.4. The van der Waals surface area contributed by atoms with Gasteiger partial charge in [0.15, 0.2) is 0 Å². The molecule has 2 aromatic rings. The van der Waals surface area contributed by atoms with Crippen molar-refractivity contribution in [3.8, 4) is 0 Å². The molecule has 0 unspecified atom stereocenters. The van der Waals surface area contributed by atoms with E-state index in [1.807, 2.05) is 36.1 Å². The van der Waals surface area contributed by atoms with E-state index in [0.717, 1.165) is 11.1 Å². The van der Waals surface area contributed by atoms with Gasteiger partial charge < -0.3 is 10.2 Å². The number of nitrogens with one attached hydrogen (secondary N) is 2. The van der Waals surface area contributed by atoms with Crippen LogP contribution in [0.25, 0.3) is 0 Å². The highest BCUT2D eigenvalue weighted by molar-refractivity contribution is 5.93. The second-order valence-corrected chi connectivity index (χ2v) is 7.42. The molecule has 0 aliphatic carbocycles. The van der Waals surface area contributed by atoms with Gasteiger partial charge in [-0.05, 0) is 42.3 Å². The third-order valence-corrected chi connectivity index (χ3v) is 5.53. The van der Waals surface area contributed by atoms with Crippen LogP contribution in [0.15, 0.2) is 48.5 Å². The number of carbonyl (C=O) groups excluding carboxylic acids is 2. The van der Waals surface area contributed by atoms with Gasteiger partial charge >= 0.3 is 6.03 Å². The van der Waals surface area contributed by atoms with E-state index in [1.165, 1.54) is 17.1 Å². The first-order valence-corrected chi connectivity index (χ1v) is 9.44. The molecular weight excluding hydrogens is 359 g/mol. The second kappa shape index (κ2) is 7.24. The molecule has 0 bridgehead atoms. The standard InChI is InChI=1S/C21H23FN4O2/c1-15-4-2-3-5-16(15)14-19(27)25-12-10-21(11-13-25)23-20(28)26(24-21)18-8-6-17(22)7-9-18/h2-9,24H,10-14H2,1H3,(H,23,28). The van der Waals surface area contributed by atoms with E-state index < -0.39 is 5.66 Å². The van der Waals surface area contributed by atoms with E-state index in [9.17, 15) is 14.0 Å². The van der Waals surface area contributed by atoms with Gasteiger partial charge in [0.25, 0.3) is 0 Å². The fourth-order valence-electron chi connectivity index (χ4n) is 3.78. The zero-order chi connectivity index (χ0) is 19.7. The SMILES string of the molecule is Cc1ccccc1CC(=O)N1CCC2(CC1)NC(=O)N(c1ccc(F)cc1)N2. The normalized spacial score (nSPS) is 18.4. The molecule has 2 N–H and O–H groups in total. The molecule has 2 heterocycles. The maximum atomic E-state index is 13.1. The van der Waals surface area contributed by atoms with Crippen LogP contribution in [0.2, 0.25) is 0 Å². The van der Waals surface area contributed by atoms with Gasteiger partial charge in [-0.15, -0.1) is 0 Å². The van der Waals surface area contributed by atoms with E-state index >= 15 is 0 Å². The summed E-state index contributed by atoms with van der Waals surface area (Å²) in [7, 11) is 0. The highest BCUT2D eigenvalue weighted by Gasteiger charge is 2.45. The predicted molar refractivity (Wildman–Crippen MR) is 104 cm³/mol. The first-order chi connectivity index (χ1) is 13.5. The number of carbonyl (C=O) groups is 2. The highest BCUT2D eigenvalue weighted by atomic mass is 19.1. The lowest BCUT2D eigenvalue weighted by molar-refractivity contribution is -0.132. The maximum absolute atomic E-state index is 13.1. The third-order valence-electron chi connectivity index (χ3n) is 5.53. The number of anilines is 1. The molecule has 7 heteroatoms. The minimum absolute atomic E-state index is 0.101. The Morgan fingerprint density at radius 1 is 1.11 bits per heavy atom. The Labute approximate surface area is 163 Å². The average molecular weight is 382 g/mol. The number of piperidine rings is 1. The van der Waals surface area contributed by atoms with Gasteiger partial charge in [-0.2, -0.15) is 0 Å². The van der Waals surface area contributed by atoms with Crippen molar-refractivity contribution in [2.75, 3.05) is 18.1 Å². The zero-order valence-corrected chi connectivity index (χ0v) is 15.7. The molecule has 2 aromatic carbocycles. The van der Waals surface area contributed by atoms with Crippen molar-refractivity contribution in [2.24, 2.45) is 0 Å². The molecule has 0 radical (unpaired) electrons. The number of rotatable bonds is 3. The van der Waals surface area contributed by atoms with Crippen molar-refractivity contribution >= 4 is 17.6 Å². The molecule has 28 heavy (non-hydrogen) atoms. The van der Waals surface area contributed by atoms with Gasteiger partial charge in [0.1, 0.15) is 11.5 Å². The number of amides is 3. The number of halogens is 1. The van der Waals surface area contributed by atoms with Crippen LogP contribution < -0.4 is 15.8 Å². The zero-order valence-electron chi connectivity index (χ0n) is 15.7. The molecule has 2 aliphatic heterocycles. The lowest BCUT2D eigenvalue weighted by Gasteiger charge is -2.39. The van der Waals surface area contributed by atoms with Crippen molar-refractivity contribution < 1.29 is 14.0 Å². The number of nitrogens with zero attached hydrogens (tertiary/aromatic N) is 2. The van der Waals surface area contributed by atoms with Crippen LogP contribution in [0.1, 0.15) is 24.0 Å². The monoisotopic (exact) mass is 382 g/mol. The summed E-state index contributed by atoms with van der Waals surface area (Å²) >= 11 is 0. The molecule has 0 saturated carbocycles. The number of hydrogen-bond acceptors (Lipinski definition) is 3. The Morgan fingerprint density at radius 3 is 2.46 bits per heavy atom. The third kappa shape index (κ3) is 3.57. The van der Waals surface area contributed by atoms with Crippen LogP contribution in [0, 0.1) is 12.7 Å². The molecule has 3 amide bonds.